The lowest BCUT2D eigenvalue weighted by Gasteiger charge is -2.27. The minimum atomic E-state index is -0.132. The predicted molar refractivity (Wildman–Crippen MR) is 109 cm³/mol. The van der Waals surface area contributed by atoms with Gasteiger partial charge in [-0.15, -0.1) is 0 Å². The minimum Gasteiger partial charge on any atom is -0.378 e. The molecule has 2 aliphatic rings. The summed E-state index contributed by atoms with van der Waals surface area (Å²) >= 11 is 0. The second-order valence-corrected chi connectivity index (χ2v) is 7.53. The molecule has 5 heteroatoms. The number of ether oxygens (including phenoxy) is 1. The van der Waals surface area contributed by atoms with Crippen molar-refractivity contribution >= 4 is 17.5 Å². The fourth-order valence-electron chi connectivity index (χ4n) is 4.01. The molecule has 1 fully saturated rings. The number of nitrogens with one attached hydrogen (secondary N) is 1. The highest BCUT2D eigenvalue weighted by Crippen LogP contribution is 2.24. The lowest BCUT2D eigenvalue weighted by molar-refractivity contribution is 0.0302. The molecule has 0 radical (unpaired) electrons. The quantitative estimate of drug-likeness (QED) is 0.888. The normalized spacial score (nSPS) is 16.4. The van der Waals surface area contributed by atoms with Gasteiger partial charge in [0.1, 0.15) is 0 Å². The number of benzene rings is 2. The summed E-state index contributed by atoms with van der Waals surface area (Å²) in [4.78, 5) is 27.5. The van der Waals surface area contributed by atoms with E-state index in [9.17, 15) is 9.59 Å². The summed E-state index contributed by atoms with van der Waals surface area (Å²) in [6.07, 6.45) is 4.55. The summed E-state index contributed by atoms with van der Waals surface area (Å²) in [5.74, 6) is -0.141. The molecule has 0 bridgehead atoms. The molecule has 28 heavy (non-hydrogen) atoms. The van der Waals surface area contributed by atoms with Crippen molar-refractivity contribution in [3.8, 4) is 0 Å². The van der Waals surface area contributed by atoms with Crippen LogP contribution in [0.4, 0.5) is 5.69 Å². The van der Waals surface area contributed by atoms with Crippen molar-refractivity contribution in [3.63, 3.8) is 0 Å². The van der Waals surface area contributed by atoms with Crippen LogP contribution in [0.25, 0.3) is 0 Å². The number of anilines is 1. The zero-order valence-corrected chi connectivity index (χ0v) is 16.3. The van der Waals surface area contributed by atoms with Crippen LogP contribution in [-0.2, 0) is 17.6 Å². The van der Waals surface area contributed by atoms with E-state index in [4.69, 9.17) is 4.74 Å². The van der Waals surface area contributed by atoms with Crippen molar-refractivity contribution < 1.29 is 14.3 Å². The van der Waals surface area contributed by atoms with Gasteiger partial charge in [-0.25, -0.2) is 0 Å². The Hall–Kier alpha value is -2.66. The summed E-state index contributed by atoms with van der Waals surface area (Å²) < 4.78 is 5.33. The number of hydrogen-bond acceptors (Lipinski definition) is 3. The standard InChI is InChI=1S/C23H26N2O3/c1-16-20(23(27)25-11-13-28-14-12-25)7-4-8-21(16)24-22(26)19-10-9-17-5-2-3-6-18(17)15-19/h4,7-10,15H,2-3,5-6,11-14H2,1H3,(H,24,26). The first-order valence-electron chi connectivity index (χ1n) is 10.0. The Labute approximate surface area is 165 Å². The third-order valence-corrected chi connectivity index (χ3v) is 5.72. The first-order valence-corrected chi connectivity index (χ1v) is 10.0. The van der Waals surface area contributed by atoms with Crippen LogP contribution in [0.3, 0.4) is 0 Å². The molecule has 0 atom stereocenters. The van der Waals surface area contributed by atoms with Crippen LogP contribution < -0.4 is 5.32 Å². The van der Waals surface area contributed by atoms with E-state index in [1.54, 1.807) is 4.90 Å². The van der Waals surface area contributed by atoms with Gasteiger partial charge in [-0.1, -0.05) is 12.1 Å². The van der Waals surface area contributed by atoms with Crippen LogP contribution in [0.15, 0.2) is 36.4 Å². The minimum absolute atomic E-state index is 0.00863. The maximum Gasteiger partial charge on any atom is 0.255 e. The fourth-order valence-corrected chi connectivity index (χ4v) is 4.01. The molecule has 5 nitrogen and oxygen atoms in total. The molecule has 0 unspecified atom stereocenters. The van der Waals surface area contributed by atoms with Gasteiger partial charge in [-0.2, -0.15) is 0 Å². The second kappa shape index (κ2) is 8.15. The molecule has 1 heterocycles. The van der Waals surface area contributed by atoms with Crippen molar-refractivity contribution in [2.45, 2.75) is 32.6 Å². The summed E-state index contributed by atoms with van der Waals surface area (Å²) in [6, 6.07) is 11.5. The molecule has 146 valence electrons. The zero-order chi connectivity index (χ0) is 19.5. The number of aryl methyl sites for hydroxylation is 2. The van der Waals surface area contributed by atoms with E-state index < -0.39 is 0 Å². The molecular weight excluding hydrogens is 352 g/mol. The van der Waals surface area contributed by atoms with Crippen LogP contribution in [0.2, 0.25) is 0 Å². The lowest BCUT2D eigenvalue weighted by Crippen LogP contribution is -2.41. The molecular formula is C23H26N2O3. The number of fused-ring (bicyclic) bond motifs is 1. The number of carbonyl (C=O) groups excluding carboxylic acids is 2. The molecule has 1 saturated heterocycles. The van der Waals surface area contributed by atoms with Gasteiger partial charge < -0.3 is 15.0 Å². The smallest absolute Gasteiger partial charge is 0.255 e. The first kappa shape index (κ1) is 18.7. The Balaban J connectivity index is 1.53. The monoisotopic (exact) mass is 378 g/mol. The summed E-state index contributed by atoms with van der Waals surface area (Å²) in [5.41, 5.74) is 5.42. The highest BCUT2D eigenvalue weighted by atomic mass is 16.5. The van der Waals surface area contributed by atoms with Gasteiger partial charge >= 0.3 is 0 Å². The van der Waals surface area contributed by atoms with E-state index in [1.807, 2.05) is 37.3 Å². The second-order valence-electron chi connectivity index (χ2n) is 7.53. The summed E-state index contributed by atoms with van der Waals surface area (Å²) in [6.45, 7) is 4.23. The van der Waals surface area contributed by atoms with Gasteiger partial charge in [0.05, 0.1) is 13.2 Å². The van der Waals surface area contributed by atoms with Gasteiger partial charge in [-0.3, -0.25) is 9.59 Å². The molecule has 2 aromatic rings. The lowest BCUT2D eigenvalue weighted by atomic mass is 9.90. The Morgan fingerprint density at radius 3 is 2.54 bits per heavy atom. The van der Waals surface area contributed by atoms with Gasteiger partial charge in [0.25, 0.3) is 11.8 Å². The molecule has 1 N–H and O–H groups in total. The van der Waals surface area contributed by atoms with E-state index >= 15 is 0 Å². The molecule has 2 amide bonds. The third-order valence-electron chi connectivity index (χ3n) is 5.72. The number of hydrogen-bond donors (Lipinski definition) is 1. The van der Waals surface area contributed by atoms with Crippen LogP contribution >= 0.6 is 0 Å². The van der Waals surface area contributed by atoms with E-state index in [0.29, 0.717) is 43.1 Å². The molecule has 0 aromatic heterocycles. The van der Waals surface area contributed by atoms with Crippen molar-refractivity contribution in [1.82, 2.24) is 4.90 Å². The largest absolute Gasteiger partial charge is 0.378 e. The predicted octanol–water partition coefficient (Wildman–Crippen LogP) is 3.60. The van der Waals surface area contributed by atoms with Crippen molar-refractivity contribution in [2.75, 3.05) is 31.6 Å². The molecule has 0 spiro atoms. The fraction of sp³-hybridized carbons (Fsp3) is 0.391. The Morgan fingerprint density at radius 2 is 1.75 bits per heavy atom. The Kier molecular flexibility index (Phi) is 5.44. The average molecular weight is 378 g/mol. The SMILES string of the molecule is Cc1c(NC(=O)c2ccc3c(c2)CCCC3)cccc1C(=O)N1CCOCC1. The summed E-state index contributed by atoms with van der Waals surface area (Å²) in [7, 11) is 0. The van der Waals surface area contributed by atoms with E-state index in [0.717, 1.165) is 18.4 Å². The molecule has 2 aromatic carbocycles. The average Bonchev–Trinajstić information content (AvgIpc) is 2.75. The molecule has 0 saturated carbocycles. The number of carbonyl (C=O) groups is 2. The van der Waals surface area contributed by atoms with Gasteiger partial charge in [0, 0.05) is 29.9 Å². The summed E-state index contributed by atoms with van der Waals surface area (Å²) in [5, 5.41) is 3.00. The Bertz CT molecular complexity index is 901. The number of morpholine rings is 1. The van der Waals surface area contributed by atoms with E-state index in [2.05, 4.69) is 11.4 Å². The van der Waals surface area contributed by atoms with Crippen molar-refractivity contribution in [3.05, 3.63) is 64.2 Å². The van der Waals surface area contributed by atoms with Crippen LogP contribution in [0, 0.1) is 6.92 Å². The third kappa shape index (κ3) is 3.80. The topological polar surface area (TPSA) is 58.6 Å². The molecule has 1 aliphatic heterocycles. The number of rotatable bonds is 3. The van der Waals surface area contributed by atoms with Gasteiger partial charge in [0.15, 0.2) is 0 Å². The van der Waals surface area contributed by atoms with Crippen LogP contribution in [-0.4, -0.2) is 43.0 Å². The molecule has 1 aliphatic carbocycles. The number of nitrogens with zero attached hydrogens (tertiary/aromatic N) is 1. The van der Waals surface area contributed by atoms with E-state index in [-0.39, 0.29) is 11.8 Å². The van der Waals surface area contributed by atoms with Crippen molar-refractivity contribution in [1.29, 1.82) is 0 Å². The highest BCUT2D eigenvalue weighted by molar-refractivity contribution is 6.06. The maximum absolute atomic E-state index is 12.8. The van der Waals surface area contributed by atoms with Gasteiger partial charge in [-0.05, 0) is 73.6 Å². The van der Waals surface area contributed by atoms with Crippen LogP contribution in [0.5, 0.6) is 0 Å². The van der Waals surface area contributed by atoms with Crippen LogP contribution in [0.1, 0.15) is 50.2 Å². The highest BCUT2D eigenvalue weighted by Gasteiger charge is 2.21. The van der Waals surface area contributed by atoms with Crippen molar-refractivity contribution in [2.24, 2.45) is 0 Å². The maximum atomic E-state index is 12.8. The van der Waals surface area contributed by atoms with Gasteiger partial charge in [0.2, 0.25) is 0 Å². The number of amides is 2. The first-order chi connectivity index (χ1) is 13.6. The Morgan fingerprint density at radius 1 is 1.00 bits per heavy atom. The zero-order valence-electron chi connectivity index (χ0n) is 16.3. The molecule has 4 rings (SSSR count). The van der Waals surface area contributed by atoms with E-state index in [1.165, 1.54) is 24.0 Å².